The summed E-state index contributed by atoms with van der Waals surface area (Å²) in [4.78, 5) is 22.5. The fraction of sp³-hybridized carbons (Fsp3) is 0.500. The average molecular weight is 277 g/mol. The van der Waals surface area contributed by atoms with Gasteiger partial charge < -0.3 is 11.1 Å². The fourth-order valence-corrected chi connectivity index (χ4v) is 2.49. The zero-order valence-electron chi connectivity index (χ0n) is 11.5. The molecule has 20 heavy (non-hydrogen) atoms. The van der Waals surface area contributed by atoms with E-state index < -0.39 is 4.92 Å². The second kappa shape index (κ2) is 6.00. The number of hydrogen-bond acceptors (Lipinski definition) is 4. The molecule has 1 aliphatic carbocycles. The number of amides is 1. The van der Waals surface area contributed by atoms with Crippen LogP contribution < -0.4 is 11.1 Å². The Hall–Kier alpha value is -1.95. The first-order valence-corrected chi connectivity index (χ1v) is 6.79. The third-order valence-corrected chi connectivity index (χ3v) is 3.78. The second-order valence-corrected chi connectivity index (χ2v) is 5.34. The van der Waals surface area contributed by atoms with Crippen molar-refractivity contribution in [3.05, 3.63) is 39.4 Å². The van der Waals surface area contributed by atoms with Gasteiger partial charge in [0.15, 0.2) is 0 Å². The van der Waals surface area contributed by atoms with E-state index in [1.54, 1.807) is 13.0 Å². The number of carbonyl (C=O) groups excluding carboxylic acids is 1. The van der Waals surface area contributed by atoms with Gasteiger partial charge >= 0.3 is 0 Å². The Morgan fingerprint density at radius 2 is 2.00 bits per heavy atom. The normalized spacial score (nSPS) is 22.3. The van der Waals surface area contributed by atoms with Crippen LogP contribution in [0, 0.1) is 17.0 Å². The lowest BCUT2D eigenvalue weighted by Crippen LogP contribution is -2.40. The number of rotatable bonds is 3. The predicted octanol–water partition coefficient (Wildman–Crippen LogP) is 1.90. The number of non-ortho nitro benzene ring substituents is 1. The zero-order chi connectivity index (χ0) is 14.7. The van der Waals surface area contributed by atoms with Crippen molar-refractivity contribution in [2.45, 2.75) is 44.7 Å². The van der Waals surface area contributed by atoms with E-state index in [0.29, 0.717) is 5.56 Å². The Morgan fingerprint density at radius 1 is 1.35 bits per heavy atom. The Morgan fingerprint density at radius 3 is 2.60 bits per heavy atom. The third kappa shape index (κ3) is 3.33. The predicted molar refractivity (Wildman–Crippen MR) is 75.5 cm³/mol. The molecule has 0 spiro atoms. The van der Waals surface area contributed by atoms with Crippen LogP contribution in [0.2, 0.25) is 0 Å². The molecule has 1 aromatic carbocycles. The first kappa shape index (κ1) is 14.5. The summed E-state index contributed by atoms with van der Waals surface area (Å²) in [6.07, 6.45) is 3.53. The highest BCUT2D eigenvalue weighted by molar-refractivity contribution is 5.96. The van der Waals surface area contributed by atoms with Crippen molar-refractivity contribution in [2.24, 2.45) is 5.73 Å². The molecule has 6 heteroatoms. The molecule has 3 N–H and O–H groups in total. The van der Waals surface area contributed by atoms with Gasteiger partial charge in [-0.25, -0.2) is 0 Å². The van der Waals surface area contributed by atoms with Gasteiger partial charge in [0, 0.05) is 29.8 Å². The van der Waals surface area contributed by atoms with Gasteiger partial charge in [-0.3, -0.25) is 14.9 Å². The van der Waals surface area contributed by atoms with E-state index >= 15 is 0 Å². The van der Waals surface area contributed by atoms with Gasteiger partial charge in [0.05, 0.1) is 4.92 Å². The molecule has 6 nitrogen and oxygen atoms in total. The minimum absolute atomic E-state index is 0.0635. The highest BCUT2D eigenvalue weighted by Gasteiger charge is 2.22. The number of nitrogens with two attached hydrogens (primary N) is 1. The van der Waals surface area contributed by atoms with Crippen LogP contribution in [0.25, 0.3) is 0 Å². The summed E-state index contributed by atoms with van der Waals surface area (Å²) in [7, 11) is 0. The van der Waals surface area contributed by atoms with E-state index in [1.807, 2.05) is 0 Å². The van der Waals surface area contributed by atoms with E-state index in [2.05, 4.69) is 5.32 Å². The van der Waals surface area contributed by atoms with Crippen molar-refractivity contribution >= 4 is 11.6 Å². The van der Waals surface area contributed by atoms with E-state index in [9.17, 15) is 14.9 Å². The van der Waals surface area contributed by atoms with E-state index in [-0.39, 0.29) is 23.7 Å². The maximum atomic E-state index is 12.2. The highest BCUT2D eigenvalue weighted by Crippen LogP contribution is 2.20. The van der Waals surface area contributed by atoms with Gasteiger partial charge in [-0.05, 0) is 38.2 Å². The minimum atomic E-state index is -0.490. The monoisotopic (exact) mass is 277 g/mol. The molecule has 0 unspecified atom stereocenters. The number of carbonyl (C=O) groups is 1. The standard InChI is InChI=1S/C14H19N3O3/c1-9-2-7-12(17(19)20)8-13(9)14(18)16-11-5-3-10(15)4-6-11/h2,7-8,10-11H,3-6,15H2,1H3,(H,16,18). The van der Waals surface area contributed by atoms with Gasteiger partial charge in [0.25, 0.3) is 11.6 Å². The van der Waals surface area contributed by atoms with Crippen molar-refractivity contribution in [3.63, 3.8) is 0 Å². The molecule has 0 aromatic heterocycles. The molecule has 1 aliphatic rings. The quantitative estimate of drug-likeness (QED) is 0.651. The molecule has 0 radical (unpaired) electrons. The number of benzene rings is 1. The molecule has 1 amide bonds. The smallest absolute Gasteiger partial charge is 0.270 e. The van der Waals surface area contributed by atoms with E-state index in [0.717, 1.165) is 31.2 Å². The van der Waals surface area contributed by atoms with Gasteiger partial charge in [-0.1, -0.05) is 6.07 Å². The third-order valence-electron chi connectivity index (χ3n) is 3.78. The number of hydrogen-bond donors (Lipinski definition) is 2. The van der Waals surface area contributed by atoms with Gasteiger partial charge in [0.2, 0.25) is 0 Å². The summed E-state index contributed by atoms with van der Waals surface area (Å²) in [5.41, 5.74) is 6.87. The molecular weight excluding hydrogens is 258 g/mol. The molecule has 0 atom stereocenters. The topological polar surface area (TPSA) is 98.3 Å². The summed E-state index contributed by atoms with van der Waals surface area (Å²) < 4.78 is 0. The lowest BCUT2D eigenvalue weighted by Gasteiger charge is -2.27. The number of nitro groups is 1. The molecule has 108 valence electrons. The van der Waals surface area contributed by atoms with Crippen LogP contribution in [0.3, 0.4) is 0 Å². The Labute approximate surface area is 117 Å². The van der Waals surface area contributed by atoms with Crippen molar-refractivity contribution < 1.29 is 9.72 Å². The number of nitro benzene ring substituents is 1. The lowest BCUT2D eigenvalue weighted by atomic mass is 9.91. The Kier molecular flexibility index (Phi) is 4.34. The molecule has 0 bridgehead atoms. The van der Waals surface area contributed by atoms with Crippen molar-refractivity contribution in [1.29, 1.82) is 0 Å². The Balaban J connectivity index is 2.08. The van der Waals surface area contributed by atoms with Gasteiger partial charge in [-0.15, -0.1) is 0 Å². The van der Waals surface area contributed by atoms with E-state index in [1.165, 1.54) is 12.1 Å². The summed E-state index contributed by atoms with van der Waals surface area (Å²) in [5, 5.41) is 13.7. The van der Waals surface area contributed by atoms with Crippen molar-refractivity contribution in [3.8, 4) is 0 Å². The second-order valence-electron chi connectivity index (χ2n) is 5.34. The fourth-order valence-electron chi connectivity index (χ4n) is 2.49. The van der Waals surface area contributed by atoms with Crippen LogP contribution in [0.5, 0.6) is 0 Å². The summed E-state index contributed by atoms with van der Waals surface area (Å²) in [6, 6.07) is 4.68. The largest absolute Gasteiger partial charge is 0.349 e. The first-order valence-electron chi connectivity index (χ1n) is 6.79. The maximum Gasteiger partial charge on any atom is 0.270 e. The summed E-state index contributed by atoms with van der Waals surface area (Å²) in [6.45, 7) is 1.77. The van der Waals surface area contributed by atoms with Crippen LogP contribution in [0.1, 0.15) is 41.6 Å². The zero-order valence-corrected chi connectivity index (χ0v) is 11.5. The molecule has 0 heterocycles. The molecule has 0 aliphatic heterocycles. The average Bonchev–Trinajstić information content (AvgIpc) is 2.41. The first-order chi connectivity index (χ1) is 9.47. The van der Waals surface area contributed by atoms with Crippen molar-refractivity contribution in [1.82, 2.24) is 5.32 Å². The van der Waals surface area contributed by atoms with E-state index in [4.69, 9.17) is 5.73 Å². The van der Waals surface area contributed by atoms with Crippen LogP contribution in [-0.4, -0.2) is 22.9 Å². The number of nitrogens with zero attached hydrogens (tertiary/aromatic N) is 1. The lowest BCUT2D eigenvalue weighted by molar-refractivity contribution is -0.384. The number of aryl methyl sites for hydroxylation is 1. The van der Waals surface area contributed by atoms with Crippen LogP contribution in [0.4, 0.5) is 5.69 Å². The molecule has 2 rings (SSSR count). The van der Waals surface area contributed by atoms with Crippen molar-refractivity contribution in [2.75, 3.05) is 0 Å². The minimum Gasteiger partial charge on any atom is -0.349 e. The van der Waals surface area contributed by atoms with Crippen LogP contribution >= 0.6 is 0 Å². The highest BCUT2D eigenvalue weighted by atomic mass is 16.6. The summed E-state index contributed by atoms with van der Waals surface area (Å²) in [5.74, 6) is -0.244. The molecule has 1 aromatic rings. The molecular formula is C14H19N3O3. The van der Waals surface area contributed by atoms with Crippen LogP contribution in [0.15, 0.2) is 18.2 Å². The summed E-state index contributed by atoms with van der Waals surface area (Å²) >= 11 is 0. The van der Waals surface area contributed by atoms with Gasteiger partial charge in [-0.2, -0.15) is 0 Å². The number of nitrogens with one attached hydrogen (secondary N) is 1. The van der Waals surface area contributed by atoms with Gasteiger partial charge in [0.1, 0.15) is 0 Å². The maximum absolute atomic E-state index is 12.2. The van der Waals surface area contributed by atoms with Crippen LogP contribution in [-0.2, 0) is 0 Å². The Bertz CT molecular complexity index is 522. The molecule has 1 saturated carbocycles. The molecule has 0 saturated heterocycles. The molecule has 1 fully saturated rings. The SMILES string of the molecule is Cc1ccc([N+](=O)[O-])cc1C(=O)NC1CCC(N)CC1.